The Labute approximate surface area is 120 Å². The van der Waals surface area contributed by atoms with Crippen LogP contribution < -0.4 is 0 Å². The van der Waals surface area contributed by atoms with Crippen LogP contribution in [0.25, 0.3) is 10.4 Å². The lowest BCUT2D eigenvalue weighted by Gasteiger charge is -2.10. The second-order valence-electron chi connectivity index (χ2n) is 3.91. The number of Topliss-reactive ketones (excluding diaryl/α,β-unsaturated/α-hetero) is 1. The van der Waals surface area contributed by atoms with Crippen molar-refractivity contribution < 1.29 is 18.0 Å². The third-order valence-corrected chi connectivity index (χ3v) is 4.44. The SMILES string of the molecule is CC(=O)c1ccc(-c2ccc(Br)c(C(F)(F)F)c2)s1. The molecular weight excluding hydrogens is 341 g/mol. The van der Waals surface area contributed by atoms with Crippen LogP contribution in [0.4, 0.5) is 13.2 Å². The van der Waals surface area contributed by atoms with E-state index >= 15 is 0 Å². The molecule has 1 aromatic heterocycles. The Bertz CT molecular complexity index is 631. The predicted molar refractivity (Wildman–Crippen MR) is 72.5 cm³/mol. The molecule has 2 aromatic rings. The van der Waals surface area contributed by atoms with Crippen LogP contribution in [-0.4, -0.2) is 5.78 Å². The van der Waals surface area contributed by atoms with Crippen molar-refractivity contribution in [1.29, 1.82) is 0 Å². The summed E-state index contributed by atoms with van der Waals surface area (Å²) >= 11 is 4.08. The number of hydrogen-bond donors (Lipinski definition) is 0. The van der Waals surface area contributed by atoms with Gasteiger partial charge in [-0.2, -0.15) is 13.2 Å². The van der Waals surface area contributed by atoms with Crippen LogP contribution in [0.15, 0.2) is 34.8 Å². The van der Waals surface area contributed by atoms with Gasteiger partial charge in [-0.15, -0.1) is 11.3 Å². The molecule has 6 heteroatoms. The molecule has 0 spiro atoms. The van der Waals surface area contributed by atoms with Gasteiger partial charge >= 0.3 is 6.18 Å². The fraction of sp³-hybridized carbons (Fsp3) is 0.154. The summed E-state index contributed by atoms with van der Waals surface area (Å²) in [5.74, 6) is -0.0931. The first kappa shape index (κ1) is 14.3. The lowest BCUT2D eigenvalue weighted by molar-refractivity contribution is -0.138. The zero-order valence-corrected chi connectivity index (χ0v) is 12.1. The normalized spacial score (nSPS) is 11.6. The van der Waals surface area contributed by atoms with E-state index in [1.165, 1.54) is 24.3 Å². The summed E-state index contributed by atoms with van der Waals surface area (Å²) in [5, 5.41) is 0. The van der Waals surface area contributed by atoms with Gasteiger partial charge in [0, 0.05) is 9.35 Å². The zero-order valence-electron chi connectivity index (χ0n) is 9.72. The van der Waals surface area contributed by atoms with Crippen molar-refractivity contribution in [3.05, 3.63) is 45.2 Å². The van der Waals surface area contributed by atoms with Crippen LogP contribution in [0, 0.1) is 0 Å². The molecule has 0 amide bonds. The van der Waals surface area contributed by atoms with Gasteiger partial charge in [-0.1, -0.05) is 22.0 Å². The van der Waals surface area contributed by atoms with E-state index in [9.17, 15) is 18.0 Å². The number of ketones is 1. The van der Waals surface area contributed by atoms with E-state index in [1.54, 1.807) is 18.2 Å². The maximum Gasteiger partial charge on any atom is 0.417 e. The fourth-order valence-corrected chi connectivity index (χ4v) is 2.95. The molecule has 1 aromatic carbocycles. The van der Waals surface area contributed by atoms with Gasteiger partial charge in [-0.05, 0) is 36.8 Å². The Morgan fingerprint density at radius 2 is 1.89 bits per heavy atom. The molecule has 0 aliphatic carbocycles. The molecule has 0 fully saturated rings. The maximum absolute atomic E-state index is 12.8. The Kier molecular flexibility index (Phi) is 3.82. The minimum Gasteiger partial charge on any atom is -0.294 e. The minimum absolute atomic E-state index is 0.00657. The molecule has 0 unspecified atom stereocenters. The third-order valence-electron chi connectivity index (χ3n) is 2.51. The monoisotopic (exact) mass is 348 g/mol. The highest BCUT2D eigenvalue weighted by Gasteiger charge is 2.33. The van der Waals surface area contributed by atoms with Crippen molar-refractivity contribution in [2.45, 2.75) is 13.1 Å². The number of halogens is 4. The number of alkyl halides is 3. The van der Waals surface area contributed by atoms with Gasteiger partial charge in [0.25, 0.3) is 0 Å². The summed E-state index contributed by atoms with van der Waals surface area (Å²) < 4.78 is 38.4. The summed E-state index contributed by atoms with van der Waals surface area (Å²) in [6.07, 6.45) is -4.41. The summed E-state index contributed by atoms with van der Waals surface area (Å²) in [6.45, 7) is 1.43. The Hall–Kier alpha value is -1.14. The minimum atomic E-state index is -4.41. The lowest BCUT2D eigenvalue weighted by Crippen LogP contribution is -2.05. The smallest absolute Gasteiger partial charge is 0.294 e. The third kappa shape index (κ3) is 3.06. The molecule has 100 valence electrons. The van der Waals surface area contributed by atoms with Crippen molar-refractivity contribution >= 4 is 33.0 Å². The van der Waals surface area contributed by atoms with Gasteiger partial charge < -0.3 is 0 Å². The Morgan fingerprint density at radius 3 is 2.42 bits per heavy atom. The van der Waals surface area contributed by atoms with E-state index in [0.29, 0.717) is 15.3 Å². The van der Waals surface area contributed by atoms with E-state index in [-0.39, 0.29) is 10.3 Å². The van der Waals surface area contributed by atoms with E-state index in [1.807, 2.05) is 0 Å². The van der Waals surface area contributed by atoms with Gasteiger partial charge in [0.2, 0.25) is 0 Å². The molecule has 0 aliphatic heterocycles. The van der Waals surface area contributed by atoms with Crippen molar-refractivity contribution in [2.75, 3.05) is 0 Å². The van der Waals surface area contributed by atoms with Crippen LogP contribution >= 0.6 is 27.3 Å². The van der Waals surface area contributed by atoms with Crippen LogP contribution in [-0.2, 0) is 6.18 Å². The quantitative estimate of drug-likeness (QED) is 0.664. The topological polar surface area (TPSA) is 17.1 Å². The lowest BCUT2D eigenvalue weighted by atomic mass is 10.1. The molecule has 0 N–H and O–H groups in total. The molecule has 2 rings (SSSR count). The van der Waals surface area contributed by atoms with Crippen LogP contribution in [0.2, 0.25) is 0 Å². The summed E-state index contributed by atoms with van der Waals surface area (Å²) in [6, 6.07) is 7.32. The number of carbonyl (C=O) groups is 1. The number of hydrogen-bond acceptors (Lipinski definition) is 2. The first-order valence-electron chi connectivity index (χ1n) is 5.27. The van der Waals surface area contributed by atoms with E-state index in [2.05, 4.69) is 15.9 Å². The highest BCUT2D eigenvalue weighted by Crippen LogP contribution is 2.38. The van der Waals surface area contributed by atoms with Crippen molar-refractivity contribution in [3.8, 4) is 10.4 Å². The molecule has 0 atom stereocenters. The molecule has 0 saturated carbocycles. The Morgan fingerprint density at radius 1 is 1.21 bits per heavy atom. The second-order valence-corrected chi connectivity index (χ2v) is 5.85. The Balaban J connectivity index is 2.48. The fourth-order valence-electron chi connectivity index (χ4n) is 1.58. The summed E-state index contributed by atoms with van der Waals surface area (Å²) in [4.78, 5) is 12.4. The first-order valence-corrected chi connectivity index (χ1v) is 6.88. The van der Waals surface area contributed by atoms with Gasteiger partial charge in [0.1, 0.15) is 0 Å². The van der Waals surface area contributed by atoms with Crippen LogP contribution in [0.5, 0.6) is 0 Å². The number of rotatable bonds is 2. The predicted octanol–water partition coefficient (Wildman–Crippen LogP) is 5.40. The van der Waals surface area contributed by atoms with Gasteiger partial charge in [0.05, 0.1) is 10.4 Å². The average Bonchev–Trinajstić information content (AvgIpc) is 2.77. The van der Waals surface area contributed by atoms with Crippen molar-refractivity contribution in [1.82, 2.24) is 0 Å². The maximum atomic E-state index is 12.8. The molecule has 0 aliphatic rings. The van der Waals surface area contributed by atoms with E-state index in [4.69, 9.17) is 0 Å². The first-order chi connectivity index (χ1) is 8.79. The van der Waals surface area contributed by atoms with Gasteiger partial charge in [-0.3, -0.25) is 4.79 Å². The molecule has 1 heterocycles. The standard InChI is InChI=1S/C13H8BrF3OS/c1-7(18)11-4-5-12(19-11)8-2-3-10(14)9(6-8)13(15,16)17/h2-6H,1H3. The average molecular weight is 349 g/mol. The molecule has 0 radical (unpaired) electrons. The van der Waals surface area contributed by atoms with E-state index < -0.39 is 11.7 Å². The van der Waals surface area contributed by atoms with Gasteiger partial charge in [-0.25, -0.2) is 0 Å². The van der Waals surface area contributed by atoms with Crippen LogP contribution in [0.3, 0.4) is 0 Å². The van der Waals surface area contributed by atoms with E-state index in [0.717, 1.165) is 6.07 Å². The zero-order chi connectivity index (χ0) is 14.2. The number of benzene rings is 1. The highest BCUT2D eigenvalue weighted by molar-refractivity contribution is 9.10. The molecule has 1 nitrogen and oxygen atoms in total. The molecule has 19 heavy (non-hydrogen) atoms. The highest BCUT2D eigenvalue weighted by atomic mass is 79.9. The summed E-state index contributed by atoms with van der Waals surface area (Å²) in [7, 11) is 0. The number of thiophene rings is 1. The van der Waals surface area contributed by atoms with Crippen molar-refractivity contribution in [3.63, 3.8) is 0 Å². The largest absolute Gasteiger partial charge is 0.417 e. The van der Waals surface area contributed by atoms with Crippen molar-refractivity contribution in [2.24, 2.45) is 0 Å². The van der Waals surface area contributed by atoms with Crippen LogP contribution in [0.1, 0.15) is 22.2 Å². The molecular formula is C13H8BrF3OS. The molecule has 0 saturated heterocycles. The molecule has 0 bridgehead atoms. The van der Waals surface area contributed by atoms with Gasteiger partial charge in [0.15, 0.2) is 5.78 Å². The number of carbonyl (C=O) groups excluding carboxylic acids is 1. The second kappa shape index (κ2) is 5.09. The summed E-state index contributed by atoms with van der Waals surface area (Å²) in [5.41, 5.74) is -0.268.